The van der Waals surface area contributed by atoms with E-state index in [2.05, 4.69) is 15.2 Å². The Morgan fingerprint density at radius 2 is 2.16 bits per heavy atom. The molecule has 1 aliphatic rings. The second kappa shape index (κ2) is 6.16. The number of amides is 1. The molecule has 1 saturated heterocycles. The van der Waals surface area contributed by atoms with Gasteiger partial charge in [-0.1, -0.05) is 0 Å². The lowest BCUT2D eigenvalue weighted by Gasteiger charge is -2.32. The van der Waals surface area contributed by atoms with Crippen LogP contribution in [0.15, 0.2) is 4.42 Å². The van der Waals surface area contributed by atoms with Gasteiger partial charge in [0.1, 0.15) is 5.76 Å². The third-order valence-electron chi connectivity index (χ3n) is 3.60. The summed E-state index contributed by atoms with van der Waals surface area (Å²) in [4.78, 5) is 17.7. The highest BCUT2D eigenvalue weighted by atomic mass is 16.4. The number of nitrogens with two attached hydrogens (primary N) is 1. The number of rotatable bonds is 5. The van der Waals surface area contributed by atoms with Crippen LogP contribution in [0.3, 0.4) is 0 Å². The highest BCUT2D eigenvalue weighted by Crippen LogP contribution is 2.16. The quantitative estimate of drug-likeness (QED) is 0.802. The van der Waals surface area contributed by atoms with Gasteiger partial charge in [0.15, 0.2) is 0 Å². The van der Waals surface area contributed by atoms with Gasteiger partial charge in [-0.05, 0) is 39.8 Å². The van der Waals surface area contributed by atoms with E-state index in [9.17, 15) is 4.79 Å². The molecule has 2 heterocycles. The number of oxazole rings is 1. The number of carbonyl (C=O) groups is 1. The molecule has 6 nitrogen and oxygen atoms in total. The summed E-state index contributed by atoms with van der Waals surface area (Å²) in [5, 5.41) is 3.32. The van der Waals surface area contributed by atoms with Crippen LogP contribution in [0.25, 0.3) is 0 Å². The molecule has 0 unspecified atom stereocenters. The van der Waals surface area contributed by atoms with Crippen molar-refractivity contribution in [2.45, 2.75) is 39.3 Å². The number of primary amides is 1. The van der Waals surface area contributed by atoms with Crippen molar-refractivity contribution >= 4 is 5.91 Å². The van der Waals surface area contributed by atoms with Gasteiger partial charge >= 0.3 is 0 Å². The van der Waals surface area contributed by atoms with Gasteiger partial charge in [-0.2, -0.15) is 0 Å². The fourth-order valence-electron chi connectivity index (χ4n) is 2.47. The largest absolute Gasteiger partial charge is 0.444 e. The van der Waals surface area contributed by atoms with Crippen LogP contribution in [0.4, 0.5) is 0 Å². The van der Waals surface area contributed by atoms with Crippen LogP contribution < -0.4 is 11.1 Å². The zero-order valence-electron chi connectivity index (χ0n) is 11.6. The first-order valence-corrected chi connectivity index (χ1v) is 6.72. The lowest BCUT2D eigenvalue weighted by molar-refractivity contribution is -0.120. The predicted octanol–water partition coefficient (Wildman–Crippen LogP) is 0.331. The maximum atomic E-state index is 11.2. The molecule has 1 amide bonds. The Morgan fingerprint density at radius 1 is 1.47 bits per heavy atom. The van der Waals surface area contributed by atoms with Crippen LogP contribution >= 0.6 is 0 Å². The minimum absolute atomic E-state index is 0.255. The summed E-state index contributed by atoms with van der Waals surface area (Å²) in [5.74, 6) is 1.19. The van der Waals surface area contributed by atoms with E-state index in [1.165, 1.54) is 0 Å². The number of aromatic nitrogens is 1. The SMILES string of the molecule is Cc1nc(CN(CC(N)=O)C2CCNCC2)oc1C. The van der Waals surface area contributed by atoms with Gasteiger partial charge in [0, 0.05) is 6.04 Å². The summed E-state index contributed by atoms with van der Waals surface area (Å²) in [5.41, 5.74) is 6.24. The van der Waals surface area contributed by atoms with Crippen LogP contribution in [-0.2, 0) is 11.3 Å². The average molecular weight is 266 g/mol. The molecule has 0 saturated carbocycles. The molecule has 3 N–H and O–H groups in total. The standard InChI is InChI=1S/C13H22N4O2/c1-9-10(2)19-13(16-9)8-17(7-12(14)18)11-3-5-15-6-4-11/h11,15H,3-8H2,1-2H3,(H2,14,18). The molecule has 19 heavy (non-hydrogen) atoms. The number of nitrogens with zero attached hydrogens (tertiary/aromatic N) is 2. The fourth-order valence-corrected chi connectivity index (χ4v) is 2.47. The maximum Gasteiger partial charge on any atom is 0.231 e. The summed E-state index contributed by atoms with van der Waals surface area (Å²) < 4.78 is 5.60. The Kier molecular flexibility index (Phi) is 4.55. The van der Waals surface area contributed by atoms with E-state index in [0.717, 1.165) is 37.4 Å². The Bertz CT molecular complexity index is 418. The smallest absolute Gasteiger partial charge is 0.231 e. The molecule has 1 fully saturated rings. The lowest BCUT2D eigenvalue weighted by atomic mass is 10.0. The second-order valence-corrected chi connectivity index (χ2v) is 5.10. The number of piperidine rings is 1. The van der Waals surface area contributed by atoms with Gasteiger partial charge in [0.25, 0.3) is 0 Å². The second-order valence-electron chi connectivity index (χ2n) is 5.10. The van der Waals surface area contributed by atoms with E-state index in [-0.39, 0.29) is 12.5 Å². The van der Waals surface area contributed by atoms with Crippen LogP contribution in [0, 0.1) is 13.8 Å². The molecule has 1 aromatic heterocycles. The van der Waals surface area contributed by atoms with Gasteiger partial charge in [0.2, 0.25) is 11.8 Å². The van der Waals surface area contributed by atoms with Crippen LogP contribution in [0.1, 0.15) is 30.2 Å². The van der Waals surface area contributed by atoms with Crippen LogP contribution in [0.2, 0.25) is 0 Å². The topological polar surface area (TPSA) is 84.4 Å². The van der Waals surface area contributed by atoms with Crippen molar-refractivity contribution < 1.29 is 9.21 Å². The predicted molar refractivity (Wildman–Crippen MR) is 71.5 cm³/mol. The molecule has 0 aromatic carbocycles. The van der Waals surface area contributed by atoms with E-state index < -0.39 is 0 Å². The lowest BCUT2D eigenvalue weighted by Crippen LogP contribution is -2.46. The van der Waals surface area contributed by atoms with Crippen molar-refractivity contribution in [3.8, 4) is 0 Å². The summed E-state index contributed by atoms with van der Waals surface area (Å²) in [6.45, 7) is 6.57. The molecular weight excluding hydrogens is 244 g/mol. The molecule has 0 atom stereocenters. The van der Waals surface area contributed by atoms with Gasteiger partial charge in [-0.25, -0.2) is 4.98 Å². The Balaban J connectivity index is 2.06. The summed E-state index contributed by atoms with van der Waals surface area (Å²) in [6.07, 6.45) is 2.04. The zero-order chi connectivity index (χ0) is 13.8. The number of carbonyl (C=O) groups excluding carboxylic acids is 1. The van der Waals surface area contributed by atoms with Crippen molar-refractivity contribution in [1.29, 1.82) is 0 Å². The summed E-state index contributed by atoms with van der Waals surface area (Å²) in [6, 6.07) is 0.362. The van der Waals surface area contributed by atoms with E-state index in [0.29, 0.717) is 18.5 Å². The first kappa shape index (κ1) is 14.0. The van der Waals surface area contributed by atoms with Crippen molar-refractivity contribution in [3.63, 3.8) is 0 Å². The summed E-state index contributed by atoms with van der Waals surface area (Å²) in [7, 11) is 0. The maximum absolute atomic E-state index is 11.2. The minimum atomic E-state index is -0.307. The zero-order valence-corrected chi connectivity index (χ0v) is 11.6. The molecule has 2 rings (SSSR count). The molecule has 1 aromatic rings. The first-order chi connectivity index (χ1) is 9.06. The number of hydrogen-bond donors (Lipinski definition) is 2. The molecule has 106 valence electrons. The minimum Gasteiger partial charge on any atom is -0.444 e. The number of aryl methyl sites for hydroxylation is 2. The van der Waals surface area contributed by atoms with E-state index in [1.807, 2.05) is 13.8 Å². The van der Waals surface area contributed by atoms with E-state index in [1.54, 1.807) is 0 Å². The van der Waals surface area contributed by atoms with Gasteiger partial charge < -0.3 is 15.5 Å². The van der Waals surface area contributed by atoms with Gasteiger partial charge in [0.05, 0.1) is 18.8 Å². The molecule has 0 aliphatic carbocycles. The molecule has 0 radical (unpaired) electrons. The highest BCUT2D eigenvalue weighted by Gasteiger charge is 2.24. The monoisotopic (exact) mass is 266 g/mol. The van der Waals surface area contributed by atoms with Gasteiger partial charge in [-0.3, -0.25) is 9.69 Å². The molecule has 0 spiro atoms. The van der Waals surface area contributed by atoms with Crippen molar-refractivity contribution in [2.24, 2.45) is 5.73 Å². The van der Waals surface area contributed by atoms with Crippen LogP contribution in [0.5, 0.6) is 0 Å². The molecular formula is C13H22N4O2. The molecule has 6 heteroatoms. The van der Waals surface area contributed by atoms with E-state index >= 15 is 0 Å². The normalized spacial score (nSPS) is 17.0. The third-order valence-corrected chi connectivity index (χ3v) is 3.60. The number of nitrogens with one attached hydrogen (secondary N) is 1. The van der Waals surface area contributed by atoms with Crippen molar-refractivity contribution in [1.82, 2.24) is 15.2 Å². The Labute approximate surface area is 113 Å². The Morgan fingerprint density at radius 3 is 2.68 bits per heavy atom. The average Bonchev–Trinajstić information content (AvgIpc) is 2.68. The Hall–Kier alpha value is -1.40. The van der Waals surface area contributed by atoms with Crippen molar-refractivity contribution in [2.75, 3.05) is 19.6 Å². The summed E-state index contributed by atoms with van der Waals surface area (Å²) >= 11 is 0. The van der Waals surface area contributed by atoms with Gasteiger partial charge in [-0.15, -0.1) is 0 Å². The van der Waals surface area contributed by atoms with E-state index in [4.69, 9.17) is 10.2 Å². The highest BCUT2D eigenvalue weighted by molar-refractivity contribution is 5.75. The molecule has 0 bridgehead atoms. The number of hydrogen-bond acceptors (Lipinski definition) is 5. The van der Waals surface area contributed by atoms with Crippen molar-refractivity contribution in [3.05, 3.63) is 17.3 Å². The molecule has 1 aliphatic heterocycles. The third kappa shape index (κ3) is 3.78. The first-order valence-electron chi connectivity index (χ1n) is 6.72. The fraction of sp³-hybridized carbons (Fsp3) is 0.692. The van der Waals surface area contributed by atoms with Crippen LogP contribution in [-0.4, -0.2) is 41.5 Å².